The molecule has 0 fully saturated rings. The van der Waals surface area contributed by atoms with E-state index < -0.39 is 20.0 Å². The van der Waals surface area contributed by atoms with Crippen LogP contribution in [-0.2, 0) is 18.4 Å². The number of allylic oxidation sites excluding steroid dienone is 7. The van der Waals surface area contributed by atoms with E-state index in [2.05, 4.69) is 55.6 Å². The highest BCUT2D eigenvalue weighted by Gasteiger charge is 2.26. The van der Waals surface area contributed by atoms with Gasteiger partial charge in [-0.05, 0) is 51.4 Å². The maximum absolute atomic E-state index is 12.8. The minimum atomic E-state index is -4.35. The second kappa shape index (κ2) is 42.1. The quantitative estimate of drug-likeness (QED) is 0.0275. The molecule has 3 atom stereocenters. The van der Waals surface area contributed by atoms with Crippen molar-refractivity contribution in [2.75, 3.05) is 19.8 Å². The Labute approximate surface area is 339 Å². The summed E-state index contributed by atoms with van der Waals surface area (Å²) < 4.78 is 22.1. The molecular weight excluding hydrogens is 707 g/mol. The van der Waals surface area contributed by atoms with E-state index in [-0.39, 0.29) is 25.7 Å². The number of nitrogens with one attached hydrogen (secondary N) is 1. The molecule has 1 amide bonds. The fourth-order valence-corrected chi connectivity index (χ4v) is 7.26. The van der Waals surface area contributed by atoms with E-state index in [0.29, 0.717) is 6.42 Å². The van der Waals surface area contributed by atoms with Gasteiger partial charge in [-0.15, -0.1) is 0 Å². The summed E-state index contributed by atoms with van der Waals surface area (Å²) in [5.41, 5.74) is 5.38. The number of nitrogens with two attached hydrogens (primary N) is 1. The molecule has 9 heteroatoms. The van der Waals surface area contributed by atoms with Gasteiger partial charge in [-0.25, -0.2) is 4.57 Å². The van der Waals surface area contributed by atoms with Crippen LogP contribution in [0.1, 0.15) is 206 Å². The third kappa shape index (κ3) is 40.5. The molecule has 3 unspecified atom stereocenters. The molecule has 0 spiro atoms. The zero-order valence-corrected chi connectivity index (χ0v) is 36.6. The number of hydrogen-bond acceptors (Lipinski definition) is 6. The number of carbonyl (C=O) groups excluding carboxylic acids is 1. The van der Waals surface area contributed by atoms with E-state index in [1.54, 1.807) is 6.08 Å². The molecule has 322 valence electrons. The first kappa shape index (κ1) is 53.5. The van der Waals surface area contributed by atoms with E-state index in [9.17, 15) is 19.4 Å². The first-order chi connectivity index (χ1) is 26.9. The van der Waals surface area contributed by atoms with Crippen LogP contribution in [0.25, 0.3) is 0 Å². The number of amides is 1. The van der Waals surface area contributed by atoms with Crippen LogP contribution >= 0.6 is 7.82 Å². The maximum atomic E-state index is 12.8. The highest BCUT2D eigenvalue weighted by Crippen LogP contribution is 2.43. The number of unbranched alkanes of at least 4 members (excludes halogenated alkanes) is 24. The molecule has 0 heterocycles. The molecule has 8 nitrogen and oxygen atoms in total. The first-order valence-corrected chi connectivity index (χ1v) is 24.3. The molecule has 0 aromatic rings. The number of carbonyl (C=O) groups is 1. The molecule has 0 saturated heterocycles. The average Bonchev–Trinajstić information content (AvgIpc) is 3.17. The number of aliphatic hydroxyl groups excluding tert-OH is 1. The van der Waals surface area contributed by atoms with Gasteiger partial charge in [0.1, 0.15) is 0 Å². The Kier molecular flexibility index (Phi) is 40.9. The van der Waals surface area contributed by atoms with Crippen molar-refractivity contribution >= 4 is 13.7 Å². The van der Waals surface area contributed by atoms with Gasteiger partial charge in [0.05, 0.1) is 25.4 Å². The Morgan fingerprint density at radius 1 is 0.618 bits per heavy atom. The summed E-state index contributed by atoms with van der Waals surface area (Å²) in [4.78, 5) is 22.7. The Morgan fingerprint density at radius 3 is 1.55 bits per heavy atom. The monoisotopic (exact) mass is 795 g/mol. The van der Waals surface area contributed by atoms with Crippen LogP contribution in [0.5, 0.6) is 0 Å². The van der Waals surface area contributed by atoms with E-state index in [4.69, 9.17) is 14.8 Å². The van der Waals surface area contributed by atoms with Crippen LogP contribution in [0.4, 0.5) is 0 Å². The summed E-state index contributed by atoms with van der Waals surface area (Å²) in [6.07, 6.45) is 51.6. The summed E-state index contributed by atoms with van der Waals surface area (Å²) in [6, 6.07) is -0.870. The lowest BCUT2D eigenvalue weighted by Gasteiger charge is -2.23. The van der Waals surface area contributed by atoms with E-state index in [0.717, 1.165) is 77.0 Å². The fraction of sp³-hybridized carbons (Fsp3) is 0.804. The highest BCUT2D eigenvalue weighted by molar-refractivity contribution is 7.47. The zero-order valence-electron chi connectivity index (χ0n) is 35.7. The topological polar surface area (TPSA) is 131 Å². The normalized spacial score (nSPS) is 14.5. The van der Waals surface area contributed by atoms with Gasteiger partial charge in [0.2, 0.25) is 5.91 Å². The lowest BCUT2D eigenvalue weighted by Crippen LogP contribution is -2.45. The largest absolute Gasteiger partial charge is 0.472 e. The Morgan fingerprint density at radius 2 is 1.05 bits per heavy atom. The van der Waals surface area contributed by atoms with Gasteiger partial charge < -0.3 is 21.1 Å². The molecule has 0 aliphatic heterocycles. The van der Waals surface area contributed by atoms with Crippen molar-refractivity contribution in [1.82, 2.24) is 5.32 Å². The molecule has 0 rings (SSSR count). The van der Waals surface area contributed by atoms with Crippen LogP contribution < -0.4 is 11.1 Å². The maximum Gasteiger partial charge on any atom is 0.472 e. The minimum absolute atomic E-state index is 0.0740. The number of rotatable bonds is 42. The number of hydrogen-bond donors (Lipinski definition) is 4. The smallest absolute Gasteiger partial charge is 0.387 e. The molecule has 55 heavy (non-hydrogen) atoms. The molecule has 0 aliphatic carbocycles. The predicted molar refractivity (Wildman–Crippen MR) is 235 cm³/mol. The second-order valence-electron chi connectivity index (χ2n) is 15.2. The van der Waals surface area contributed by atoms with Crippen molar-refractivity contribution < 1.29 is 28.4 Å². The second-order valence-corrected chi connectivity index (χ2v) is 16.7. The van der Waals surface area contributed by atoms with Gasteiger partial charge in [-0.3, -0.25) is 13.8 Å². The predicted octanol–water partition coefficient (Wildman–Crippen LogP) is 12.9. The van der Waals surface area contributed by atoms with Crippen LogP contribution in [0.15, 0.2) is 48.6 Å². The van der Waals surface area contributed by atoms with Crippen molar-refractivity contribution in [3.8, 4) is 0 Å². The zero-order chi connectivity index (χ0) is 40.3. The van der Waals surface area contributed by atoms with Crippen molar-refractivity contribution in [3.05, 3.63) is 48.6 Å². The van der Waals surface area contributed by atoms with Crippen molar-refractivity contribution in [2.24, 2.45) is 5.73 Å². The summed E-state index contributed by atoms with van der Waals surface area (Å²) in [5, 5.41) is 13.7. The van der Waals surface area contributed by atoms with Crippen LogP contribution in [-0.4, -0.2) is 47.8 Å². The molecule has 0 saturated carbocycles. The summed E-state index contributed by atoms with van der Waals surface area (Å²) in [7, 11) is -4.35. The molecule has 0 aromatic heterocycles. The van der Waals surface area contributed by atoms with Crippen LogP contribution in [0.2, 0.25) is 0 Å². The summed E-state index contributed by atoms with van der Waals surface area (Å²) in [6.45, 7) is 4.02. The molecule has 0 radical (unpaired) electrons. The standard InChI is InChI=1S/C46H87N2O6P/c1-3-5-7-9-11-13-15-17-19-20-21-22-23-24-26-27-29-31-33-35-37-39-45(49)44(43-54-55(51,52)53-42-41-47)48-46(50)40-38-36-34-32-30-28-25-18-16-14-12-10-8-6-4-2/h6,8,12,14,18,25,37,39,44-45,49H,3-5,7,9-11,13,15-17,19-24,26-36,38,40-43,47H2,1-2H3,(H,48,50)(H,51,52)/b8-6-,14-12-,25-18-,39-37+. The Hall–Kier alpha value is -1.54. The number of aliphatic hydroxyl groups is 1. The van der Waals surface area contributed by atoms with Gasteiger partial charge >= 0.3 is 7.82 Å². The Balaban J connectivity index is 4.19. The summed E-state index contributed by atoms with van der Waals surface area (Å²) >= 11 is 0. The van der Waals surface area contributed by atoms with Gasteiger partial charge in [0, 0.05) is 13.0 Å². The van der Waals surface area contributed by atoms with Crippen molar-refractivity contribution in [3.63, 3.8) is 0 Å². The molecule has 0 aliphatic rings. The van der Waals surface area contributed by atoms with Crippen LogP contribution in [0.3, 0.4) is 0 Å². The van der Waals surface area contributed by atoms with E-state index >= 15 is 0 Å². The van der Waals surface area contributed by atoms with E-state index in [1.807, 2.05) is 6.08 Å². The SMILES string of the molecule is CC/C=C\C/C=C\C/C=C\CCCCCCCC(=O)NC(COP(=O)(O)OCCN)C(O)/C=C/CCCCCCCCCCCCCCCCCCCCC. The number of phosphoric acid groups is 1. The molecule has 0 aromatic carbocycles. The molecule has 0 bridgehead atoms. The minimum Gasteiger partial charge on any atom is -0.387 e. The number of phosphoric ester groups is 1. The average molecular weight is 795 g/mol. The van der Waals surface area contributed by atoms with Gasteiger partial charge in [-0.1, -0.05) is 197 Å². The lowest BCUT2D eigenvalue weighted by molar-refractivity contribution is -0.123. The highest BCUT2D eigenvalue weighted by atomic mass is 31.2. The van der Waals surface area contributed by atoms with E-state index in [1.165, 1.54) is 109 Å². The van der Waals surface area contributed by atoms with Crippen molar-refractivity contribution in [2.45, 2.75) is 219 Å². The lowest BCUT2D eigenvalue weighted by atomic mass is 10.0. The third-order valence-electron chi connectivity index (χ3n) is 9.91. The van der Waals surface area contributed by atoms with Gasteiger partial charge in [0.15, 0.2) is 0 Å². The Bertz CT molecular complexity index is 1000. The van der Waals surface area contributed by atoms with Crippen molar-refractivity contribution in [1.29, 1.82) is 0 Å². The summed E-state index contributed by atoms with van der Waals surface area (Å²) in [5.74, 6) is -0.211. The van der Waals surface area contributed by atoms with Gasteiger partial charge in [0.25, 0.3) is 0 Å². The van der Waals surface area contributed by atoms with Crippen LogP contribution in [0, 0.1) is 0 Å². The van der Waals surface area contributed by atoms with Gasteiger partial charge in [-0.2, -0.15) is 0 Å². The third-order valence-corrected chi connectivity index (χ3v) is 10.9. The molecule has 5 N–H and O–H groups in total. The fourth-order valence-electron chi connectivity index (χ4n) is 6.50. The molecular formula is C46H87N2O6P. The first-order valence-electron chi connectivity index (χ1n) is 22.8.